The first-order valence-electron chi connectivity index (χ1n) is 16.4. The summed E-state index contributed by atoms with van der Waals surface area (Å²) in [4.78, 5) is 6.88. The molecule has 224 valence electrons. The average Bonchev–Trinajstić information content (AvgIpc) is 3.49. The van der Waals surface area contributed by atoms with Crippen molar-refractivity contribution in [1.29, 1.82) is 0 Å². The van der Waals surface area contributed by atoms with E-state index < -0.39 is 0 Å². The highest BCUT2D eigenvalue weighted by Crippen LogP contribution is 2.45. The van der Waals surface area contributed by atoms with Crippen molar-refractivity contribution in [2.45, 2.75) is 0 Å². The lowest BCUT2D eigenvalue weighted by atomic mass is 9.89. The molecule has 10 rings (SSSR count). The average molecular weight is 612 g/mol. The highest BCUT2D eigenvalue weighted by molar-refractivity contribution is 6.32. The molecule has 0 radical (unpaired) electrons. The normalized spacial score (nSPS) is 11.8. The molecular weight excluding hydrogens is 583 g/mol. The van der Waals surface area contributed by atoms with Crippen molar-refractivity contribution in [3.63, 3.8) is 0 Å². The van der Waals surface area contributed by atoms with E-state index in [2.05, 4.69) is 166 Å². The van der Waals surface area contributed by atoms with Crippen molar-refractivity contribution in [3.05, 3.63) is 176 Å². The zero-order chi connectivity index (χ0) is 31.6. The molecule has 0 atom stereocenters. The predicted molar refractivity (Wildman–Crippen MR) is 202 cm³/mol. The molecule has 3 nitrogen and oxygen atoms in total. The molecule has 3 heteroatoms. The van der Waals surface area contributed by atoms with Gasteiger partial charge in [-0.15, -0.1) is 0 Å². The van der Waals surface area contributed by atoms with E-state index >= 15 is 0 Å². The van der Waals surface area contributed by atoms with Crippen LogP contribution in [0.5, 0.6) is 0 Å². The largest absolute Gasteiger partial charge is 0.309 e. The van der Waals surface area contributed by atoms with Gasteiger partial charge in [0.1, 0.15) is 5.82 Å². The van der Waals surface area contributed by atoms with Gasteiger partial charge in [0.05, 0.1) is 11.0 Å². The Hall–Kier alpha value is -6.45. The predicted octanol–water partition coefficient (Wildman–Crippen LogP) is 12.2. The third-order valence-electron chi connectivity index (χ3n) is 9.76. The van der Waals surface area contributed by atoms with E-state index in [-0.39, 0.29) is 0 Å². The van der Waals surface area contributed by atoms with Crippen LogP contribution in [0.25, 0.3) is 70.9 Å². The van der Waals surface area contributed by atoms with Crippen molar-refractivity contribution in [3.8, 4) is 16.8 Å². The van der Waals surface area contributed by atoms with Crippen molar-refractivity contribution >= 4 is 71.3 Å². The maximum Gasteiger partial charge on any atom is 0.137 e. The Kier molecular flexibility index (Phi) is 5.87. The number of nitrogens with zero attached hydrogens (tertiary/aromatic N) is 3. The maximum absolute atomic E-state index is 4.69. The minimum atomic E-state index is 0.887. The minimum absolute atomic E-state index is 0.887. The van der Waals surface area contributed by atoms with Crippen LogP contribution >= 0.6 is 0 Å². The molecule has 10 aromatic rings. The fourth-order valence-corrected chi connectivity index (χ4v) is 7.69. The first-order chi connectivity index (χ1) is 23.8. The van der Waals surface area contributed by atoms with E-state index in [9.17, 15) is 0 Å². The van der Waals surface area contributed by atoms with Crippen LogP contribution in [-0.4, -0.2) is 9.55 Å². The maximum atomic E-state index is 4.69. The Morgan fingerprint density at radius 3 is 1.94 bits per heavy atom. The van der Waals surface area contributed by atoms with Crippen LogP contribution in [0.2, 0.25) is 0 Å². The van der Waals surface area contributed by atoms with E-state index in [1.54, 1.807) is 0 Å². The van der Waals surface area contributed by atoms with Crippen LogP contribution in [-0.2, 0) is 0 Å². The molecule has 2 heterocycles. The number of rotatable bonds is 5. The van der Waals surface area contributed by atoms with Gasteiger partial charge >= 0.3 is 0 Å². The van der Waals surface area contributed by atoms with E-state index in [0.29, 0.717) is 0 Å². The zero-order valence-corrected chi connectivity index (χ0v) is 26.1. The van der Waals surface area contributed by atoms with Crippen LogP contribution in [0.4, 0.5) is 17.2 Å². The van der Waals surface area contributed by atoms with Crippen LogP contribution in [0.3, 0.4) is 0 Å². The molecule has 0 aliphatic rings. The van der Waals surface area contributed by atoms with Crippen LogP contribution < -0.4 is 4.90 Å². The number of anilines is 3. The molecule has 0 unspecified atom stereocenters. The van der Waals surface area contributed by atoms with Gasteiger partial charge in [0.15, 0.2) is 0 Å². The standard InChI is InChI=1S/C45H29N3/c1-3-11-33(12-4-1)47(42-17-9-10-28-46-42)35-23-18-30(19-24-35)36-25-20-31-21-27-39-44-32(22-26-38(36)43(31)44)29-40-37-15-7-8-16-41(37)48(45(39)40)34-13-5-2-6-14-34/h1-29H. The number of aromatic nitrogens is 2. The molecule has 2 aromatic heterocycles. The number of fused-ring (bicyclic) bond motifs is 4. The van der Waals surface area contributed by atoms with Gasteiger partial charge in [-0.3, -0.25) is 4.90 Å². The molecule has 0 saturated heterocycles. The summed E-state index contributed by atoms with van der Waals surface area (Å²) in [5, 5.41) is 10.3. The molecule has 0 fully saturated rings. The lowest BCUT2D eigenvalue weighted by molar-refractivity contribution is 1.18. The van der Waals surface area contributed by atoms with Gasteiger partial charge in [-0.1, -0.05) is 109 Å². The van der Waals surface area contributed by atoms with Crippen molar-refractivity contribution in [2.24, 2.45) is 0 Å². The van der Waals surface area contributed by atoms with Crippen LogP contribution in [0.1, 0.15) is 0 Å². The van der Waals surface area contributed by atoms with E-state index in [4.69, 9.17) is 0 Å². The summed E-state index contributed by atoms with van der Waals surface area (Å²) in [5.41, 5.74) is 8.23. The first-order valence-corrected chi connectivity index (χ1v) is 16.4. The summed E-state index contributed by atoms with van der Waals surface area (Å²) >= 11 is 0. The molecule has 48 heavy (non-hydrogen) atoms. The SMILES string of the molecule is c1ccc(N(c2ccc(-c3ccc4ccc5c6c(ccc3c46)cc3c4ccccc4n(-c4ccccc4)c35)cc2)c2ccccn2)cc1. The third-order valence-corrected chi connectivity index (χ3v) is 9.76. The number of hydrogen-bond acceptors (Lipinski definition) is 2. The quantitative estimate of drug-likeness (QED) is 0.181. The van der Waals surface area contributed by atoms with Crippen LogP contribution in [0, 0.1) is 0 Å². The second-order valence-electron chi connectivity index (χ2n) is 12.4. The Bertz CT molecular complexity index is 2710. The minimum Gasteiger partial charge on any atom is -0.309 e. The highest BCUT2D eigenvalue weighted by Gasteiger charge is 2.20. The molecule has 0 N–H and O–H groups in total. The summed E-state index contributed by atoms with van der Waals surface area (Å²) < 4.78 is 2.44. The van der Waals surface area contributed by atoms with Gasteiger partial charge in [-0.05, 0) is 98.7 Å². The Labute approximate surface area is 277 Å². The molecule has 0 spiro atoms. The molecule has 0 bridgehead atoms. The van der Waals surface area contributed by atoms with Gasteiger partial charge in [-0.25, -0.2) is 4.98 Å². The summed E-state index contributed by atoms with van der Waals surface area (Å²) in [6.07, 6.45) is 1.84. The Morgan fingerprint density at radius 1 is 0.458 bits per heavy atom. The van der Waals surface area contributed by atoms with Gasteiger partial charge < -0.3 is 4.57 Å². The number of pyridine rings is 1. The molecule has 0 aliphatic carbocycles. The Morgan fingerprint density at radius 2 is 1.12 bits per heavy atom. The number of para-hydroxylation sites is 3. The van der Waals surface area contributed by atoms with E-state index in [1.165, 1.54) is 70.9 Å². The summed E-state index contributed by atoms with van der Waals surface area (Å²) in [7, 11) is 0. The lowest BCUT2D eigenvalue weighted by Gasteiger charge is -2.24. The van der Waals surface area contributed by atoms with Gasteiger partial charge in [0.2, 0.25) is 0 Å². The fourth-order valence-electron chi connectivity index (χ4n) is 7.69. The van der Waals surface area contributed by atoms with Crippen molar-refractivity contribution in [2.75, 3.05) is 4.90 Å². The number of hydrogen-bond donors (Lipinski definition) is 0. The second kappa shape index (κ2) is 10.5. The second-order valence-corrected chi connectivity index (χ2v) is 12.4. The molecule has 0 aliphatic heterocycles. The summed E-state index contributed by atoms with van der Waals surface area (Å²) in [6, 6.07) is 61.1. The van der Waals surface area contributed by atoms with Gasteiger partial charge in [0.25, 0.3) is 0 Å². The molecular formula is C45H29N3. The van der Waals surface area contributed by atoms with E-state index in [1.807, 2.05) is 24.4 Å². The third kappa shape index (κ3) is 3.98. The fraction of sp³-hybridized carbons (Fsp3) is 0. The monoisotopic (exact) mass is 611 g/mol. The van der Waals surface area contributed by atoms with Crippen molar-refractivity contribution in [1.82, 2.24) is 9.55 Å². The lowest BCUT2D eigenvalue weighted by Crippen LogP contribution is -2.11. The van der Waals surface area contributed by atoms with Crippen molar-refractivity contribution < 1.29 is 0 Å². The first kappa shape index (κ1) is 26.7. The summed E-state index contributed by atoms with van der Waals surface area (Å²) in [6.45, 7) is 0. The topological polar surface area (TPSA) is 21.1 Å². The zero-order valence-electron chi connectivity index (χ0n) is 26.1. The molecule has 8 aromatic carbocycles. The van der Waals surface area contributed by atoms with Crippen LogP contribution in [0.15, 0.2) is 176 Å². The smallest absolute Gasteiger partial charge is 0.137 e. The van der Waals surface area contributed by atoms with E-state index in [0.717, 1.165) is 17.2 Å². The molecule has 0 saturated carbocycles. The Balaban J connectivity index is 1.18. The summed E-state index contributed by atoms with van der Waals surface area (Å²) in [5.74, 6) is 0.887. The molecule has 0 amide bonds. The van der Waals surface area contributed by atoms with Gasteiger partial charge in [0, 0.05) is 39.4 Å². The van der Waals surface area contributed by atoms with Gasteiger partial charge in [-0.2, -0.15) is 0 Å². The highest BCUT2D eigenvalue weighted by atomic mass is 15.2. The number of benzene rings is 8.